The number of halogens is 1. The summed E-state index contributed by atoms with van der Waals surface area (Å²) < 4.78 is 13.4. The lowest BCUT2D eigenvalue weighted by atomic mass is 9.99. The van der Waals surface area contributed by atoms with E-state index in [0.717, 1.165) is 0 Å². The standard InChI is InChI=1S/C28H43ClN4O5Si/c1-18(38-39(9,10)28(6,7)8)17-33-15-14-23(32-33)31-25(35)24-20(12-11-13-21(24)29)16-22(34)19(2)30-26(36)37-27(3,4)5/h11-15,18-19H,16-17H2,1-10H3,(H,30,36)(H,31,32,35)/t18?,19-/m0/s1. The Bertz CT molecular complexity index is 1180. The number of hydrogen-bond donors (Lipinski definition) is 2. The number of amides is 2. The molecule has 1 heterocycles. The Balaban J connectivity index is 2.08. The number of rotatable bonds is 10. The maximum absolute atomic E-state index is 13.2. The highest BCUT2D eigenvalue weighted by Gasteiger charge is 2.38. The first-order valence-corrected chi connectivity index (χ1v) is 16.4. The van der Waals surface area contributed by atoms with Crippen molar-refractivity contribution in [2.24, 2.45) is 0 Å². The van der Waals surface area contributed by atoms with Crippen molar-refractivity contribution in [2.45, 2.75) is 104 Å². The third-order valence-corrected chi connectivity index (χ3v) is 11.5. The van der Waals surface area contributed by atoms with Crippen LogP contribution in [0.2, 0.25) is 23.2 Å². The lowest BCUT2D eigenvalue weighted by molar-refractivity contribution is -0.120. The molecule has 2 rings (SSSR count). The number of anilines is 1. The Labute approximate surface area is 238 Å². The van der Waals surface area contributed by atoms with Crippen molar-refractivity contribution in [3.05, 3.63) is 46.6 Å². The number of hydrogen-bond acceptors (Lipinski definition) is 6. The van der Waals surface area contributed by atoms with Crippen LogP contribution in [0.15, 0.2) is 30.5 Å². The van der Waals surface area contributed by atoms with E-state index in [-0.39, 0.29) is 33.9 Å². The van der Waals surface area contributed by atoms with Crippen LogP contribution >= 0.6 is 11.6 Å². The van der Waals surface area contributed by atoms with Crippen LogP contribution < -0.4 is 10.6 Å². The molecule has 2 aromatic rings. The zero-order valence-corrected chi connectivity index (χ0v) is 26.5. The van der Waals surface area contributed by atoms with Crippen LogP contribution in [-0.4, -0.2) is 53.6 Å². The quantitative estimate of drug-likeness (QED) is 0.323. The number of alkyl carbamates (subject to hydrolysis) is 1. The molecule has 0 saturated carbocycles. The highest BCUT2D eigenvalue weighted by Crippen LogP contribution is 2.37. The predicted octanol–water partition coefficient (Wildman–Crippen LogP) is 6.22. The molecule has 0 aliphatic rings. The molecule has 0 fully saturated rings. The topological polar surface area (TPSA) is 112 Å². The van der Waals surface area contributed by atoms with E-state index in [1.807, 2.05) is 6.92 Å². The summed E-state index contributed by atoms with van der Waals surface area (Å²) in [6.07, 6.45) is 0.943. The lowest BCUT2D eigenvalue weighted by Crippen LogP contribution is -2.44. The second kappa shape index (κ2) is 12.7. The highest BCUT2D eigenvalue weighted by molar-refractivity contribution is 6.74. The summed E-state index contributed by atoms with van der Waals surface area (Å²) >= 11 is 6.38. The molecule has 2 atom stereocenters. The van der Waals surface area contributed by atoms with Gasteiger partial charge in [0.1, 0.15) is 5.60 Å². The molecule has 2 amide bonds. The van der Waals surface area contributed by atoms with E-state index >= 15 is 0 Å². The van der Waals surface area contributed by atoms with Gasteiger partial charge in [0, 0.05) is 18.7 Å². The Morgan fingerprint density at radius 1 is 1.08 bits per heavy atom. The van der Waals surface area contributed by atoms with Crippen LogP contribution in [0.5, 0.6) is 0 Å². The van der Waals surface area contributed by atoms with E-state index < -0.39 is 32.0 Å². The first-order valence-electron chi connectivity index (χ1n) is 13.1. The molecular weight excluding hydrogens is 536 g/mol. The molecule has 0 bridgehead atoms. The Hall–Kier alpha value is -2.69. The first kappa shape index (κ1) is 32.5. The predicted molar refractivity (Wildman–Crippen MR) is 157 cm³/mol. The summed E-state index contributed by atoms with van der Waals surface area (Å²) in [6.45, 7) is 20.3. The Kier molecular flexibility index (Phi) is 10.6. The van der Waals surface area contributed by atoms with E-state index in [1.54, 1.807) is 62.8 Å². The maximum atomic E-state index is 13.2. The summed E-state index contributed by atoms with van der Waals surface area (Å²) in [6, 6.07) is 5.81. The highest BCUT2D eigenvalue weighted by atomic mass is 35.5. The lowest BCUT2D eigenvalue weighted by Gasteiger charge is -2.38. The number of nitrogens with zero attached hydrogens (tertiary/aromatic N) is 2. The average Bonchev–Trinajstić information content (AvgIpc) is 3.17. The van der Waals surface area contributed by atoms with Crippen molar-refractivity contribution in [3.8, 4) is 0 Å². The molecule has 11 heteroatoms. The fourth-order valence-corrected chi connectivity index (χ4v) is 5.28. The van der Waals surface area contributed by atoms with Crippen molar-refractivity contribution < 1.29 is 23.5 Å². The fourth-order valence-electron chi connectivity index (χ4n) is 3.57. The van der Waals surface area contributed by atoms with Gasteiger partial charge in [0.25, 0.3) is 5.91 Å². The van der Waals surface area contributed by atoms with Gasteiger partial charge in [0.2, 0.25) is 0 Å². The monoisotopic (exact) mass is 578 g/mol. The van der Waals surface area contributed by atoms with Crippen LogP contribution in [-0.2, 0) is 26.9 Å². The van der Waals surface area contributed by atoms with Gasteiger partial charge in [-0.05, 0) is 64.4 Å². The van der Waals surface area contributed by atoms with Gasteiger partial charge in [-0.1, -0.05) is 44.5 Å². The minimum Gasteiger partial charge on any atom is -0.444 e. The molecule has 0 aliphatic heterocycles. The first-order chi connectivity index (χ1) is 17.8. The summed E-state index contributed by atoms with van der Waals surface area (Å²) in [7, 11) is -1.92. The normalized spacial score (nSPS) is 13.9. The number of nitrogens with one attached hydrogen (secondary N) is 2. The molecule has 1 aromatic heterocycles. The number of Topliss-reactive ketones (excluding diaryl/α,β-unsaturated/α-hetero) is 1. The van der Waals surface area contributed by atoms with Gasteiger partial charge in [0.05, 0.1) is 29.3 Å². The smallest absolute Gasteiger partial charge is 0.408 e. The SMILES string of the molecule is CC(Cn1ccc(NC(=O)c2c(Cl)cccc2CC(=O)[C@H](C)NC(=O)OC(C)(C)C)n1)O[Si](C)(C)C(C)(C)C. The van der Waals surface area contributed by atoms with Gasteiger partial charge in [-0.3, -0.25) is 14.3 Å². The van der Waals surface area contributed by atoms with Crippen LogP contribution in [0.25, 0.3) is 0 Å². The minimum atomic E-state index is -1.92. The number of ether oxygens (including phenoxy) is 1. The van der Waals surface area contributed by atoms with Crippen molar-refractivity contribution >= 4 is 43.5 Å². The van der Waals surface area contributed by atoms with Crippen molar-refractivity contribution in [3.63, 3.8) is 0 Å². The molecule has 2 N–H and O–H groups in total. The number of aromatic nitrogens is 2. The van der Waals surface area contributed by atoms with Crippen LogP contribution in [0.4, 0.5) is 10.6 Å². The Morgan fingerprint density at radius 2 is 1.72 bits per heavy atom. The number of benzene rings is 1. The number of carbonyl (C=O) groups excluding carboxylic acids is 3. The Morgan fingerprint density at radius 3 is 2.31 bits per heavy atom. The van der Waals surface area contributed by atoms with E-state index in [9.17, 15) is 14.4 Å². The molecule has 0 spiro atoms. The van der Waals surface area contributed by atoms with E-state index in [1.165, 1.54) is 0 Å². The van der Waals surface area contributed by atoms with E-state index in [0.29, 0.717) is 17.9 Å². The van der Waals surface area contributed by atoms with Gasteiger partial charge < -0.3 is 19.8 Å². The van der Waals surface area contributed by atoms with Gasteiger partial charge in [-0.2, -0.15) is 5.10 Å². The zero-order valence-electron chi connectivity index (χ0n) is 24.8. The molecule has 0 saturated heterocycles. The summed E-state index contributed by atoms with van der Waals surface area (Å²) in [5, 5.41) is 10.1. The summed E-state index contributed by atoms with van der Waals surface area (Å²) in [5.74, 6) is -0.416. The molecule has 1 aromatic carbocycles. The van der Waals surface area contributed by atoms with E-state index in [2.05, 4.69) is 49.6 Å². The number of ketones is 1. The third-order valence-electron chi connectivity index (χ3n) is 6.54. The van der Waals surface area contributed by atoms with Gasteiger partial charge in [0.15, 0.2) is 19.9 Å². The molecule has 216 valence electrons. The van der Waals surface area contributed by atoms with Crippen molar-refractivity contribution in [1.82, 2.24) is 15.1 Å². The van der Waals surface area contributed by atoms with Gasteiger partial charge >= 0.3 is 6.09 Å². The van der Waals surface area contributed by atoms with Crippen molar-refractivity contribution in [2.75, 3.05) is 5.32 Å². The average molecular weight is 579 g/mol. The molecule has 9 nitrogen and oxygen atoms in total. The molecular formula is C28H43ClN4O5Si. The molecule has 1 unspecified atom stereocenters. The van der Waals surface area contributed by atoms with Gasteiger partial charge in [-0.15, -0.1) is 0 Å². The zero-order chi connectivity index (χ0) is 29.8. The van der Waals surface area contributed by atoms with Crippen LogP contribution in [0.3, 0.4) is 0 Å². The largest absolute Gasteiger partial charge is 0.444 e. The maximum Gasteiger partial charge on any atom is 0.408 e. The molecule has 0 radical (unpaired) electrons. The van der Waals surface area contributed by atoms with E-state index in [4.69, 9.17) is 20.8 Å². The van der Waals surface area contributed by atoms with Crippen molar-refractivity contribution in [1.29, 1.82) is 0 Å². The van der Waals surface area contributed by atoms with Crippen LogP contribution in [0.1, 0.15) is 71.3 Å². The minimum absolute atomic E-state index is 0.0493. The van der Waals surface area contributed by atoms with Crippen LogP contribution in [0, 0.1) is 0 Å². The molecule has 39 heavy (non-hydrogen) atoms. The fraction of sp³-hybridized carbons (Fsp3) is 0.571. The molecule has 0 aliphatic carbocycles. The third kappa shape index (κ3) is 9.77. The van der Waals surface area contributed by atoms with Gasteiger partial charge in [-0.25, -0.2) is 4.79 Å². The second-order valence-electron chi connectivity index (χ2n) is 12.4. The number of carbonyl (C=O) groups is 3. The summed E-state index contributed by atoms with van der Waals surface area (Å²) in [5.41, 5.74) is -0.0618. The second-order valence-corrected chi connectivity index (χ2v) is 17.5. The summed E-state index contributed by atoms with van der Waals surface area (Å²) in [4.78, 5) is 38.1.